The highest BCUT2D eigenvalue weighted by molar-refractivity contribution is 7.89. The van der Waals surface area contributed by atoms with Crippen molar-refractivity contribution in [2.45, 2.75) is 23.8 Å². The van der Waals surface area contributed by atoms with Gasteiger partial charge in [-0.05, 0) is 49.2 Å². The molecular formula is C21H20N2O7S. The zero-order chi connectivity index (χ0) is 22.0. The SMILES string of the molecule is O=C(OCN1C(=O)c2ccccc2C1=O)c1ccc(S(=O)(=O)NCC2CCCO2)cc1. The molecular weight excluding hydrogens is 424 g/mol. The monoisotopic (exact) mass is 444 g/mol. The molecule has 0 saturated carbocycles. The molecule has 4 rings (SSSR count). The largest absolute Gasteiger partial charge is 0.440 e. The van der Waals surface area contributed by atoms with Crippen LogP contribution in [0.3, 0.4) is 0 Å². The predicted molar refractivity (Wildman–Crippen MR) is 108 cm³/mol. The van der Waals surface area contributed by atoms with Crippen LogP contribution in [0.5, 0.6) is 0 Å². The van der Waals surface area contributed by atoms with E-state index in [4.69, 9.17) is 9.47 Å². The summed E-state index contributed by atoms with van der Waals surface area (Å²) >= 11 is 0. The fourth-order valence-corrected chi connectivity index (χ4v) is 4.49. The Hall–Kier alpha value is -3.08. The average Bonchev–Trinajstić information content (AvgIpc) is 3.39. The van der Waals surface area contributed by atoms with Crippen molar-refractivity contribution >= 4 is 27.8 Å². The topological polar surface area (TPSA) is 119 Å². The van der Waals surface area contributed by atoms with Gasteiger partial charge in [-0.3, -0.25) is 9.59 Å². The summed E-state index contributed by atoms with van der Waals surface area (Å²) in [6.45, 7) is 0.282. The maximum Gasteiger partial charge on any atom is 0.339 e. The lowest BCUT2D eigenvalue weighted by Crippen LogP contribution is -2.33. The van der Waals surface area contributed by atoms with Crippen molar-refractivity contribution in [1.29, 1.82) is 0 Å². The number of carbonyl (C=O) groups excluding carboxylic acids is 3. The molecule has 1 fully saturated rings. The Kier molecular flexibility index (Phi) is 5.86. The van der Waals surface area contributed by atoms with Gasteiger partial charge in [-0.15, -0.1) is 0 Å². The Labute approximate surface area is 179 Å². The molecule has 0 aromatic heterocycles. The van der Waals surface area contributed by atoms with Gasteiger partial charge in [-0.1, -0.05) is 12.1 Å². The molecule has 31 heavy (non-hydrogen) atoms. The number of benzene rings is 2. The molecule has 2 aromatic rings. The van der Waals surface area contributed by atoms with E-state index in [9.17, 15) is 22.8 Å². The van der Waals surface area contributed by atoms with Gasteiger partial charge in [-0.25, -0.2) is 22.8 Å². The van der Waals surface area contributed by atoms with E-state index >= 15 is 0 Å². The van der Waals surface area contributed by atoms with Crippen molar-refractivity contribution in [2.24, 2.45) is 0 Å². The van der Waals surface area contributed by atoms with Crippen LogP contribution in [0.15, 0.2) is 53.4 Å². The van der Waals surface area contributed by atoms with E-state index < -0.39 is 34.5 Å². The summed E-state index contributed by atoms with van der Waals surface area (Å²) in [4.78, 5) is 37.7. The lowest BCUT2D eigenvalue weighted by Gasteiger charge is -2.14. The molecule has 2 aliphatic rings. The van der Waals surface area contributed by atoms with Crippen LogP contribution in [0.1, 0.15) is 43.9 Å². The first kappa shape index (κ1) is 21.2. The highest BCUT2D eigenvalue weighted by Crippen LogP contribution is 2.22. The van der Waals surface area contributed by atoms with E-state index in [0.29, 0.717) is 6.61 Å². The smallest absolute Gasteiger partial charge is 0.339 e. The minimum absolute atomic E-state index is 0.00222. The molecule has 0 radical (unpaired) electrons. The molecule has 0 aliphatic carbocycles. The number of sulfonamides is 1. The van der Waals surface area contributed by atoms with Gasteiger partial charge < -0.3 is 9.47 Å². The number of esters is 1. The Bertz CT molecular complexity index is 1090. The number of amides is 2. The number of rotatable bonds is 7. The second-order valence-corrected chi connectivity index (χ2v) is 8.92. The van der Waals surface area contributed by atoms with Gasteiger partial charge >= 0.3 is 5.97 Å². The molecule has 0 bridgehead atoms. The maximum atomic E-state index is 12.4. The van der Waals surface area contributed by atoms with Gasteiger partial charge in [0.05, 0.1) is 27.7 Å². The normalized spacial score (nSPS) is 18.3. The first-order valence-electron chi connectivity index (χ1n) is 9.70. The minimum Gasteiger partial charge on any atom is -0.440 e. The van der Waals surface area contributed by atoms with Gasteiger partial charge in [0.15, 0.2) is 6.73 Å². The van der Waals surface area contributed by atoms with Gasteiger partial charge in [0.2, 0.25) is 10.0 Å². The average molecular weight is 444 g/mol. The molecule has 1 saturated heterocycles. The second kappa shape index (κ2) is 8.58. The number of ether oxygens (including phenoxy) is 2. The predicted octanol–water partition coefficient (Wildman–Crippen LogP) is 1.55. The van der Waals surface area contributed by atoms with Crippen LogP contribution in [0.25, 0.3) is 0 Å². The molecule has 9 nitrogen and oxygen atoms in total. The van der Waals surface area contributed by atoms with Gasteiger partial charge in [0, 0.05) is 13.2 Å². The van der Waals surface area contributed by atoms with Crippen molar-refractivity contribution in [3.8, 4) is 0 Å². The molecule has 162 valence electrons. The van der Waals surface area contributed by atoms with Crippen LogP contribution in [0, 0.1) is 0 Å². The zero-order valence-electron chi connectivity index (χ0n) is 16.4. The van der Waals surface area contributed by atoms with Crippen LogP contribution < -0.4 is 4.72 Å². The Morgan fingerprint density at radius 3 is 2.29 bits per heavy atom. The minimum atomic E-state index is -3.74. The Morgan fingerprint density at radius 2 is 1.71 bits per heavy atom. The van der Waals surface area contributed by atoms with Crippen molar-refractivity contribution in [3.05, 3.63) is 65.2 Å². The second-order valence-electron chi connectivity index (χ2n) is 7.16. The fraction of sp³-hybridized carbons (Fsp3) is 0.286. The highest BCUT2D eigenvalue weighted by Gasteiger charge is 2.35. The first-order chi connectivity index (χ1) is 14.9. The van der Waals surface area contributed by atoms with Crippen molar-refractivity contribution < 1.29 is 32.3 Å². The third-order valence-electron chi connectivity index (χ3n) is 5.13. The quantitative estimate of drug-likeness (QED) is 0.508. The summed E-state index contributed by atoms with van der Waals surface area (Å²) in [5.74, 6) is -1.85. The molecule has 0 spiro atoms. The summed E-state index contributed by atoms with van der Waals surface area (Å²) in [7, 11) is -3.74. The molecule has 1 N–H and O–H groups in total. The van der Waals surface area contributed by atoms with E-state index in [2.05, 4.69) is 4.72 Å². The van der Waals surface area contributed by atoms with Crippen molar-refractivity contribution in [1.82, 2.24) is 9.62 Å². The zero-order valence-corrected chi connectivity index (χ0v) is 17.3. The summed E-state index contributed by atoms with van der Waals surface area (Å²) in [6.07, 6.45) is 1.58. The number of imide groups is 1. The number of hydrogen-bond donors (Lipinski definition) is 1. The summed E-state index contributed by atoms with van der Waals surface area (Å²) in [5, 5.41) is 0. The standard InChI is InChI=1S/C21H20N2O7S/c24-19-17-5-1-2-6-18(17)20(25)23(19)13-30-21(26)14-7-9-16(10-8-14)31(27,28)22-12-15-4-3-11-29-15/h1-2,5-10,15,22H,3-4,11-13H2. The van der Waals surface area contributed by atoms with E-state index in [1.54, 1.807) is 12.1 Å². The number of hydrogen-bond acceptors (Lipinski definition) is 7. The van der Waals surface area contributed by atoms with Gasteiger partial charge in [0.1, 0.15) is 0 Å². The summed E-state index contributed by atoms with van der Waals surface area (Å²) in [5.41, 5.74) is 0.608. The lowest BCUT2D eigenvalue weighted by atomic mass is 10.1. The third kappa shape index (κ3) is 4.36. The molecule has 2 heterocycles. The molecule has 2 aliphatic heterocycles. The molecule has 2 aromatic carbocycles. The van der Waals surface area contributed by atoms with Crippen LogP contribution in [-0.2, 0) is 19.5 Å². The van der Waals surface area contributed by atoms with Crippen LogP contribution in [-0.4, -0.2) is 57.1 Å². The van der Waals surface area contributed by atoms with Gasteiger partial charge in [0.25, 0.3) is 11.8 Å². The number of fused-ring (bicyclic) bond motifs is 1. The Morgan fingerprint density at radius 1 is 1.06 bits per heavy atom. The molecule has 2 amide bonds. The maximum absolute atomic E-state index is 12.4. The third-order valence-corrected chi connectivity index (χ3v) is 6.57. The highest BCUT2D eigenvalue weighted by atomic mass is 32.2. The first-order valence-corrected chi connectivity index (χ1v) is 11.2. The summed E-state index contributed by atoms with van der Waals surface area (Å²) in [6, 6.07) is 11.5. The van der Waals surface area contributed by atoms with Crippen LogP contribution in [0.4, 0.5) is 0 Å². The van der Waals surface area contributed by atoms with Crippen molar-refractivity contribution in [2.75, 3.05) is 19.9 Å². The Balaban J connectivity index is 1.35. The van der Waals surface area contributed by atoms with E-state index in [0.717, 1.165) is 17.7 Å². The van der Waals surface area contributed by atoms with E-state index in [1.807, 2.05) is 0 Å². The number of nitrogens with zero attached hydrogens (tertiary/aromatic N) is 1. The van der Waals surface area contributed by atoms with Crippen LogP contribution >= 0.6 is 0 Å². The molecule has 10 heteroatoms. The summed E-state index contributed by atoms with van der Waals surface area (Å²) < 4.78 is 37.8. The lowest BCUT2D eigenvalue weighted by molar-refractivity contribution is 0.0228. The number of nitrogens with one attached hydrogen (secondary N) is 1. The van der Waals surface area contributed by atoms with Crippen LogP contribution in [0.2, 0.25) is 0 Å². The molecule has 1 unspecified atom stereocenters. The fourth-order valence-electron chi connectivity index (χ4n) is 3.42. The van der Waals surface area contributed by atoms with E-state index in [-0.39, 0.29) is 34.2 Å². The van der Waals surface area contributed by atoms with Crippen molar-refractivity contribution in [3.63, 3.8) is 0 Å². The van der Waals surface area contributed by atoms with Gasteiger partial charge in [-0.2, -0.15) is 0 Å². The van der Waals surface area contributed by atoms with E-state index in [1.165, 1.54) is 36.4 Å². The number of carbonyl (C=O) groups is 3. The molecule has 1 atom stereocenters.